The Morgan fingerprint density at radius 2 is 2.00 bits per heavy atom. The molecule has 1 aliphatic heterocycles. The smallest absolute Gasteiger partial charge is 0.251 e. The largest absolute Gasteiger partial charge is 0.396 e. The normalized spacial score (nSPS) is 24.9. The third-order valence-corrected chi connectivity index (χ3v) is 4.00. The fourth-order valence-corrected chi connectivity index (χ4v) is 2.93. The summed E-state index contributed by atoms with van der Waals surface area (Å²) in [5.74, 6) is 0.227. The molecule has 1 aromatic carbocycles. The van der Waals surface area contributed by atoms with Crippen LogP contribution in [0, 0.1) is 5.92 Å². The molecule has 0 aromatic heterocycles. The zero-order valence-corrected chi connectivity index (χ0v) is 11.4. The van der Waals surface area contributed by atoms with E-state index in [9.17, 15) is 13.9 Å². The van der Waals surface area contributed by atoms with Gasteiger partial charge in [0.15, 0.2) is 0 Å². The fourth-order valence-electron chi connectivity index (χ4n) is 2.80. The van der Waals surface area contributed by atoms with E-state index in [1.54, 1.807) is 4.90 Å². The van der Waals surface area contributed by atoms with Crippen molar-refractivity contribution in [1.29, 1.82) is 0 Å². The third kappa shape index (κ3) is 3.88. The van der Waals surface area contributed by atoms with Crippen LogP contribution in [0.2, 0.25) is 5.02 Å². The predicted octanol–water partition coefficient (Wildman–Crippen LogP) is 3.00. The van der Waals surface area contributed by atoms with Gasteiger partial charge in [-0.15, -0.1) is 0 Å². The standard InChI is InChI=1S/C14H18ClF2NO/c15-12-3-1-10(2-4-12)13-5-6-18(8-14(16)17)7-11(13)9-19/h1-4,11,13-14,19H,5-9H2. The molecule has 0 amide bonds. The Hall–Kier alpha value is -0.710. The van der Waals surface area contributed by atoms with Crippen molar-refractivity contribution >= 4 is 11.6 Å². The third-order valence-electron chi connectivity index (χ3n) is 3.75. The average molecular weight is 290 g/mol. The number of likely N-dealkylation sites (tertiary alicyclic amines) is 1. The first-order valence-electron chi connectivity index (χ1n) is 6.47. The van der Waals surface area contributed by atoms with Gasteiger partial charge in [0.1, 0.15) is 0 Å². The minimum Gasteiger partial charge on any atom is -0.396 e. The number of aliphatic hydroxyl groups excluding tert-OH is 1. The van der Waals surface area contributed by atoms with Gasteiger partial charge >= 0.3 is 0 Å². The van der Waals surface area contributed by atoms with E-state index in [4.69, 9.17) is 11.6 Å². The van der Waals surface area contributed by atoms with Crippen molar-refractivity contribution in [3.05, 3.63) is 34.9 Å². The van der Waals surface area contributed by atoms with Crippen molar-refractivity contribution in [3.63, 3.8) is 0 Å². The number of hydrogen-bond acceptors (Lipinski definition) is 2. The highest BCUT2D eigenvalue weighted by Crippen LogP contribution is 2.33. The van der Waals surface area contributed by atoms with Crippen LogP contribution in [0.15, 0.2) is 24.3 Å². The van der Waals surface area contributed by atoms with Crippen LogP contribution >= 0.6 is 11.6 Å². The van der Waals surface area contributed by atoms with Gasteiger partial charge in [-0.3, -0.25) is 4.90 Å². The monoisotopic (exact) mass is 289 g/mol. The molecule has 0 radical (unpaired) electrons. The van der Waals surface area contributed by atoms with E-state index >= 15 is 0 Å². The van der Waals surface area contributed by atoms with Crippen LogP contribution in [0.3, 0.4) is 0 Å². The first-order valence-corrected chi connectivity index (χ1v) is 6.84. The van der Waals surface area contributed by atoms with Gasteiger partial charge in [0.05, 0.1) is 6.54 Å². The minimum absolute atomic E-state index is 0.00803. The molecule has 19 heavy (non-hydrogen) atoms. The first-order chi connectivity index (χ1) is 9.10. The minimum atomic E-state index is -2.31. The molecule has 1 aliphatic rings. The summed E-state index contributed by atoms with van der Waals surface area (Å²) in [5, 5.41) is 10.2. The molecule has 2 atom stereocenters. The number of aliphatic hydroxyl groups is 1. The maximum absolute atomic E-state index is 12.4. The molecular weight excluding hydrogens is 272 g/mol. The van der Waals surface area contributed by atoms with Crippen molar-refractivity contribution in [2.75, 3.05) is 26.2 Å². The summed E-state index contributed by atoms with van der Waals surface area (Å²) in [5.41, 5.74) is 1.13. The van der Waals surface area contributed by atoms with Crippen LogP contribution in [-0.4, -0.2) is 42.7 Å². The molecule has 0 aliphatic carbocycles. The molecule has 2 rings (SSSR count). The summed E-state index contributed by atoms with van der Waals surface area (Å²) in [6.07, 6.45) is -1.52. The highest BCUT2D eigenvalue weighted by molar-refractivity contribution is 6.30. The zero-order chi connectivity index (χ0) is 13.8. The number of alkyl halides is 2. The van der Waals surface area contributed by atoms with Gasteiger partial charge in [0.2, 0.25) is 0 Å². The Balaban J connectivity index is 2.04. The van der Waals surface area contributed by atoms with E-state index in [0.29, 0.717) is 18.1 Å². The molecule has 1 fully saturated rings. The van der Waals surface area contributed by atoms with Crippen LogP contribution in [0.5, 0.6) is 0 Å². The molecule has 0 bridgehead atoms. The molecule has 2 nitrogen and oxygen atoms in total. The summed E-state index contributed by atoms with van der Waals surface area (Å²) < 4.78 is 24.8. The van der Waals surface area contributed by atoms with Crippen LogP contribution in [0.4, 0.5) is 8.78 Å². The molecule has 0 spiro atoms. The maximum Gasteiger partial charge on any atom is 0.251 e. The van der Waals surface area contributed by atoms with Gasteiger partial charge in [-0.05, 0) is 36.6 Å². The van der Waals surface area contributed by atoms with Crippen molar-refractivity contribution in [3.8, 4) is 0 Å². The van der Waals surface area contributed by atoms with Gasteiger partial charge in [-0.1, -0.05) is 23.7 Å². The summed E-state index contributed by atoms with van der Waals surface area (Å²) in [7, 11) is 0. The van der Waals surface area contributed by atoms with E-state index in [1.165, 1.54) is 0 Å². The second-order valence-corrected chi connectivity index (χ2v) is 5.48. The summed E-state index contributed by atoms with van der Waals surface area (Å²) in [6, 6.07) is 7.57. The molecule has 1 saturated heterocycles. The Bertz CT molecular complexity index is 399. The van der Waals surface area contributed by atoms with E-state index < -0.39 is 6.43 Å². The van der Waals surface area contributed by atoms with Crippen molar-refractivity contribution in [2.45, 2.75) is 18.8 Å². The Kier molecular flexibility index (Phi) is 5.13. The zero-order valence-electron chi connectivity index (χ0n) is 10.6. The lowest BCUT2D eigenvalue weighted by molar-refractivity contribution is 0.0439. The number of hydrogen-bond donors (Lipinski definition) is 1. The second kappa shape index (κ2) is 6.64. The van der Waals surface area contributed by atoms with E-state index in [1.807, 2.05) is 24.3 Å². The second-order valence-electron chi connectivity index (χ2n) is 5.04. The SMILES string of the molecule is OCC1CN(CC(F)F)CCC1c1ccc(Cl)cc1. The number of rotatable bonds is 4. The van der Waals surface area contributed by atoms with Crippen molar-refractivity contribution in [1.82, 2.24) is 4.90 Å². The quantitative estimate of drug-likeness (QED) is 0.921. The van der Waals surface area contributed by atoms with E-state index in [-0.39, 0.29) is 25.0 Å². The Morgan fingerprint density at radius 3 is 2.58 bits per heavy atom. The van der Waals surface area contributed by atoms with E-state index in [0.717, 1.165) is 12.0 Å². The van der Waals surface area contributed by atoms with Crippen molar-refractivity contribution in [2.24, 2.45) is 5.92 Å². The maximum atomic E-state index is 12.4. The number of halogens is 3. The summed E-state index contributed by atoms with van der Waals surface area (Å²) in [6.45, 7) is 0.985. The molecule has 106 valence electrons. The number of nitrogens with zero attached hydrogens (tertiary/aromatic N) is 1. The highest BCUT2D eigenvalue weighted by atomic mass is 35.5. The molecule has 1 heterocycles. The number of benzene rings is 1. The van der Waals surface area contributed by atoms with Crippen LogP contribution in [0.25, 0.3) is 0 Å². The molecule has 1 N–H and O–H groups in total. The fraction of sp³-hybridized carbons (Fsp3) is 0.571. The Labute approximate surface area is 117 Å². The van der Waals surface area contributed by atoms with Gasteiger partial charge in [0.25, 0.3) is 6.43 Å². The van der Waals surface area contributed by atoms with Crippen LogP contribution in [-0.2, 0) is 0 Å². The summed E-state index contributed by atoms with van der Waals surface area (Å²) >= 11 is 5.86. The number of piperidine rings is 1. The van der Waals surface area contributed by atoms with Crippen LogP contribution < -0.4 is 0 Å². The van der Waals surface area contributed by atoms with Gasteiger partial charge in [-0.25, -0.2) is 8.78 Å². The van der Waals surface area contributed by atoms with Crippen LogP contribution in [0.1, 0.15) is 17.9 Å². The molecule has 0 saturated carbocycles. The average Bonchev–Trinajstić information content (AvgIpc) is 2.39. The highest BCUT2D eigenvalue weighted by Gasteiger charge is 2.30. The molecule has 2 unspecified atom stereocenters. The lowest BCUT2D eigenvalue weighted by Gasteiger charge is -2.38. The Morgan fingerprint density at radius 1 is 1.32 bits per heavy atom. The molecule has 1 aromatic rings. The van der Waals surface area contributed by atoms with Gasteiger partial charge in [-0.2, -0.15) is 0 Å². The summed E-state index contributed by atoms with van der Waals surface area (Å²) in [4.78, 5) is 1.73. The van der Waals surface area contributed by atoms with Gasteiger partial charge < -0.3 is 5.11 Å². The van der Waals surface area contributed by atoms with E-state index in [2.05, 4.69) is 0 Å². The predicted molar refractivity (Wildman–Crippen MR) is 71.8 cm³/mol. The van der Waals surface area contributed by atoms with Crippen molar-refractivity contribution < 1.29 is 13.9 Å². The molecular formula is C14H18ClF2NO. The van der Waals surface area contributed by atoms with Gasteiger partial charge in [0, 0.05) is 24.1 Å². The lowest BCUT2D eigenvalue weighted by Crippen LogP contribution is -2.43. The topological polar surface area (TPSA) is 23.5 Å². The molecule has 5 heteroatoms. The first kappa shape index (κ1) is 14.7. The lowest BCUT2D eigenvalue weighted by atomic mass is 9.81.